The number of hydrogen-bond acceptors (Lipinski definition) is 5. The molecule has 2 aromatic rings. The summed E-state index contributed by atoms with van der Waals surface area (Å²) in [5, 5.41) is 0.280. The standard InChI is InChI=1S/C23H23ClF2N2O4/c24-17-9-16(4-5-18(17)30-13-15-10-22(25,26)11-15)21(29)28-8-6-23(19-3-1-2-7-27-19)20(12-28)31-14-32-23/h1-5,7,9,15,20H,6,8,10-14H2. The largest absolute Gasteiger partial charge is 0.492 e. The summed E-state index contributed by atoms with van der Waals surface area (Å²) in [6.45, 7) is 1.21. The van der Waals surface area contributed by atoms with Crippen LogP contribution in [0, 0.1) is 5.92 Å². The second-order valence-electron chi connectivity index (χ2n) is 8.61. The van der Waals surface area contributed by atoms with Gasteiger partial charge in [-0.3, -0.25) is 9.78 Å². The smallest absolute Gasteiger partial charge is 0.254 e. The molecule has 3 heterocycles. The van der Waals surface area contributed by atoms with Crippen molar-refractivity contribution in [1.29, 1.82) is 0 Å². The van der Waals surface area contributed by atoms with Gasteiger partial charge in [0.2, 0.25) is 5.92 Å². The van der Waals surface area contributed by atoms with Gasteiger partial charge in [0.15, 0.2) is 0 Å². The number of carbonyl (C=O) groups is 1. The monoisotopic (exact) mass is 464 g/mol. The van der Waals surface area contributed by atoms with Crippen LogP contribution in [0.25, 0.3) is 0 Å². The molecule has 9 heteroatoms. The summed E-state index contributed by atoms with van der Waals surface area (Å²) in [7, 11) is 0. The zero-order chi connectivity index (χ0) is 22.3. The number of pyridine rings is 1. The Bertz CT molecular complexity index is 1000. The number of benzene rings is 1. The average molecular weight is 465 g/mol. The molecule has 1 saturated carbocycles. The van der Waals surface area contributed by atoms with E-state index in [2.05, 4.69) is 4.98 Å². The Balaban J connectivity index is 1.24. The Hall–Kier alpha value is -2.29. The summed E-state index contributed by atoms with van der Waals surface area (Å²) >= 11 is 6.31. The van der Waals surface area contributed by atoms with E-state index in [-0.39, 0.29) is 49.2 Å². The molecule has 3 fully saturated rings. The fraction of sp³-hybridized carbons (Fsp3) is 0.478. The number of nitrogens with zero attached hydrogens (tertiary/aromatic N) is 2. The molecule has 32 heavy (non-hydrogen) atoms. The van der Waals surface area contributed by atoms with Crippen LogP contribution in [0.4, 0.5) is 8.78 Å². The predicted octanol–water partition coefficient (Wildman–Crippen LogP) is 4.27. The molecular formula is C23H23ClF2N2O4. The van der Waals surface area contributed by atoms with E-state index in [1.165, 1.54) is 0 Å². The number of hydrogen-bond donors (Lipinski definition) is 0. The second kappa shape index (κ2) is 8.24. The molecule has 5 rings (SSSR count). The average Bonchev–Trinajstić information content (AvgIpc) is 3.21. The third-order valence-corrected chi connectivity index (χ3v) is 6.75. The minimum absolute atomic E-state index is 0.161. The van der Waals surface area contributed by atoms with Gasteiger partial charge >= 0.3 is 0 Å². The van der Waals surface area contributed by atoms with Crippen LogP contribution in [0.1, 0.15) is 35.3 Å². The molecule has 1 amide bonds. The fourth-order valence-electron chi connectivity index (χ4n) is 4.68. The zero-order valence-electron chi connectivity index (χ0n) is 17.3. The van der Waals surface area contributed by atoms with Gasteiger partial charge in [0.05, 0.1) is 23.9 Å². The van der Waals surface area contributed by atoms with E-state index < -0.39 is 11.5 Å². The number of aromatic nitrogens is 1. The van der Waals surface area contributed by atoms with Gasteiger partial charge in [0.25, 0.3) is 5.91 Å². The number of piperidine rings is 1. The molecule has 6 nitrogen and oxygen atoms in total. The quantitative estimate of drug-likeness (QED) is 0.661. The number of alkyl halides is 2. The van der Waals surface area contributed by atoms with E-state index in [1.54, 1.807) is 29.3 Å². The van der Waals surface area contributed by atoms with Gasteiger partial charge < -0.3 is 19.1 Å². The van der Waals surface area contributed by atoms with Crippen molar-refractivity contribution in [2.45, 2.75) is 36.9 Å². The van der Waals surface area contributed by atoms with E-state index in [0.29, 0.717) is 30.8 Å². The Labute approximate surface area is 189 Å². The van der Waals surface area contributed by atoms with E-state index >= 15 is 0 Å². The van der Waals surface area contributed by atoms with Crippen LogP contribution in [0.15, 0.2) is 42.6 Å². The molecule has 0 radical (unpaired) electrons. The summed E-state index contributed by atoms with van der Waals surface area (Å²) in [6, 6.07) is 10.5. The maximum Gasteiger partial charge on any atom is 0.254 e. The van der Waals surface area contributed by atoms with Crippen molar-refractivity contribution in [2.24, 2.45) is 5.92 Å². The van der Waals surface area contributed by atoms with Crippen LogP contribution in [-0.4, -0.2) is 54.3 Å². The van der Waals surface area contributed by atoms with Crippen molar-refractivity contribution >= 4 is 17.5 Å². The summed E-state index contributed by atoms with van der Waals surface area (Å²) in [5.74, 6) is -2.53. The van der Waals surface area contributed by atoms with Gasteiger partial charge in [-0.2, -0.15) is 0 Å². The highest BCUT2D eigenvalue weighted by Crippen LogP contribution is 2.43. The molecule has 0 bridgehead atoms. The first-order chi connectivity index (χ1) is 15.4. The Morgan fingerprint density at radius 2 is 2.12 bits per heavy atom. The van der Waals surface area contributed by atoms with Crippen LogP contribution in [0.5, 0.6) is 5.75 Å². The van der Waals surface area contributed by atoms with Crippen molar-refractivity contribution in [3.63, 3.8) is 0 Å². The molecule has 2 atom stereocenters. The zero-order valence-corrected chi connectivity index (χ0v) is 18.1. The van der Waals surface area contributed by atoms with Crippen LogP contribution >= 0.6 is 11.6 Å². The lowest BCUT2D eigenvalue weighted by Gasteiger charge is -2.41. The van der Waals surface area contributed by atoms with E-state index in [1.807, 2.05) is 18.2 Å². The van der Waals surface area contributed by atoms with Crippen molar-refractivity contribution < 1.29 is 27.8 Å². The second-order valence-corrected chi connectivity index (χ2v) is 9.02. The fourth-order valence-corrected chi connectivity index (χ4v) is 4.92. The Morgan fingerprint density at radius 1 is 1.28 bits per heavy atom. The predicted molar refractivity (Wildman–Crippen MR) is 112 cm³/mol. The maximum atomic E-state index is 13.1. The first-order valence-corrected chi connectivity index (χ1v) is 11.0. The molecular weight excluding hydrogens is 442 g/mol. The number of amides is 1. The SMILES string of the molecule is O=C(c1ccc(OCC2CC(F)(F)C2)c(Cl)c1)N1CCC2(c3ccccn3)OCOC2C1. The van der Waals surface area contributed by atoms with E-state index in [9.17, 15) is 13.6 Å². The molecule has 2 unspecified atom stereocenters. The third-order valence-electron chi connectivity index (χ3n) is 6.46. The summed E-state index contributed by atoms with van der Waals surface area (Å²) in [4.78, 5) is 19.3. The molecule has 0 spiro atoms. The highest BCUT2D eigenvalue weighted by molar-refractivity contribution is 6.32. The van der Waals surface area contributed by atoms with E-state index in [0.717, 1.165) is 5.69 Å². The number of ether oxygens (including phenoxy) is 3. The number of fused-ring (bicyclic) bond motifs is 1. The minimum atomic E-state index is -2.58. The number of halogens is 3. The normalized spacial score (nSPS) is 27.0. The Morgan fingerprint density at radius 3 is 2.84 bits per heavy atom. The van der Waals surface area contributed by atoms with Gasteiger partial charge in [-0.1, -0.05) is 17.7 Å². The van der Waals surface area contributed by atoms with Gasteiger partial charge in [-0.15, -0.1) is 0 Å². The summed E-state index contributed by atoms with van der Waals surface area (Å²) in [5.41, 5.74) is 0.594. The van der Waals surface area contributed by atoms with Crippen LogP contribution in [-0.2, 0) is 15.1 Å². The molecule has 2 saturated heterocycles. The van der Waals surface area contributed by atoms with Crippen LogP contribution in [0.2, 0.25) is 5.02 Å². The van der Waals surface area contributed by atoms with E-state index in [4.69, 9.17) is 25.8 Å². The van der Waals surface area contributed by atoms with Crippen molar-refractivity contribution in [1.82, 2.24) is 9.88 Å². The molecule has 1 aliphatic carbocycles. The van der Waals surface area contributed by atoms with Crippen molar-refractivity contribution in [3.8, 4) is 5.75 Å². The lowest BCUT2D eigenvalue weighted by Crippen LogP contribution is -2.53. The number of carbonyl (C=O) groups excluding carboxylic acids is 1. The van der Waals surface area contributed by atoms with Crippen molar-refractivity contribution in [3.05, 3.63) is 58.9 Å². The molecule has 0 N–H and O–H groups in total. The van der Waals surface area contributed by atoms with Gasteiger partial charge in [-0.25, -0.2) is 8.78 Å². The highest BCUT2D eigenvalue weighted by Gasteiger charge is 2.52. The van der Waals surface area contributed by atoms with Gasteiger partial charge in [-0.05, 0) is 30.3 Å². The first kappa shape index (κ1) is 21.6. The number of likely N-dealkylation sites (tertiary alicyclic amines) is 1. The minimum Gasteiger partial charge on any atom is -0.492 e. The van der Waals surface area contributed by atoms with Crippen LogP contribution < -0.4 is 4.74 Å². The van der Waals surface area contributed by atoms with Crippen LogP contribution in [0.3, 0.4) is 0 Å². The third kappa shape index (κ3) is 3.95. The molecule has 170 valence electrons. The Kier molecular flexibility index (Phi) is 5.55. The number of rotatable bonds is 5. The van der Waals surface area contributed by atoms with Gasteiger partial charge in [0.1, 0.15) is 24.2 Å². The lowest BCUT2D eigenvalue weighted by atomic mass is 9.82. The van der Waals surface area contributed by atoms with Crippen molar-refractivity contribution in [2.75, 3.05) is 26.5 Å². The summed E-state index contributed by atoms with van der Waals surface area (Å²) < 4.78 is 43.3. The molecule has 1 aromatic heterocycles. The summed E-state index contributed by atoms with van der Waals surface area (Å²) in [6.07, 6.45) is 1.66. The lowest BCUT2D eigenvalue weighted by molar-refractivity contribution is -0.119. The topological polar surface area (TPSA) is 60.9 Å². The van der Waals surface area contributed by atoms with Gasteiger partial charge in [0, 0.05) is 43.5 Å². The molecule has 1 aromatic carbocycles. The molecule has 3 aliphatic rings. The molecule has 2 aliphatic heterocycles. The first-order valence-electron chi connectivity index (χ1n) is 10.6. The maximum absolute atomic E-state index is 13.1. The highest BCUT2D eigenvalue weighted by atomic mass is 35.5.